The van der Waals surface area contributed by atoms with Crippen LogP contribution in [0, 0.1) is 35.2 Å². The normalized spacial score (nSPS) is 29.6. The van der Waals surface area contributed by atoms with Gasteiger partial charge < -0.3 is 0 Å². The van der Waals surface area contributed by atoms with Crippen LogP contribution < -0.4 is 0 Å². The van der Waals surface area contributed by atoms with Gasteiger partial charge >= 0.3 is 0 Å². The molecule has 0 aromatic heterocycles. The number of halogens is 3. The minimum atomic E-state index is -1.08. The molecule has 0 nitrogen and oxygen atoms in total. The van der Waals surface area contributed by atoms with Gasteiger partial charge in [0.15, 0.2) is 11.6 Å². The molecule has 3 heteroatoms. The molecule has 0 spiro atoms. The van der Waals surface area contributed by atoms with E-state index < -0.39 is 17.5 Å². The number of rotatable bonds is 2. The Kier molecular flexibility index (Phi) is 4.51. The Morgan fingerprint density at radius 1 is 0.880 bits per heavy atom. The molecule has 0 amide bonds. The van der Waals surface area contributed by atoms with Gasteiger partial charge in [-0.05, 0) is 78.9 Å². The van der Waals surface area contributed by atoms with Gasteiger partial charge in [-0.2, -0.15) is 0 Å². The predicted molar refractivity (Wildman–Crippen MR) is 95.0 cm³/mol. The zero-order valence-corrected chi connectivity index (χ0v) is 14.7. The van der Waals surface area contributed by atoms with Crippen LogP contribution in [0.4, 0.5) is 13.2 Å². The van der Waals surface area contributed by atoms with Gasteiger partial charge in [0.25, 0.3) is 0 Å². The number of fused-ring (bicyclic) bond motifs is 2. The summed E-state index contributed by atoms with van der Waals surface area (Å²) in [5.74, 6) is 0.0779. The molecule has 4 atom stereocenters. The molecule has 0 bridgehead atoms. The van der Waals surface area contributed by atoms with E-state index in [4.69, 9.17) is 0 Å². The Hall–Kier alpha value is -1.51. The lowest BCUT2D eigenvalue weighted by atomic mass is 9.63. The summed E-state index contributed by atoms with van der Waals surface area (Å²) in [6, 6.07) is 5.87. The van der Waals surface area contributed by atoms with Crippen molar-refractivity contribution in [1.29, 1.82) is 0 Å². The van der Waals surface area contributed by atoms with Gasteiger partial charge in [-0.1, -0.05) is 31.9 Å². The fourth-order valence-electron chi connectivity index (χ4n) is 5.26. The highest BCUT2D eigenvalue weighted by atomic mass is 19.2. The zero-order valence-electron chi connectivity index (χ0n) is 14.7. The first-order valence-electron chi connectivity index (χ1n) is 9.64. The maximum Gasteiger partial charge on any atom is 0.169 e. The first-order chi connectivity index (χ1) is 12.1. The summed E-state index contributed by atoms with van der Waals surface area (Å²) in [5.41, 5.74) is 0.951. The second-order valence-electron chi connectivity index (χ2n) is 8.08. The topological polar surface area (TPSA) is 0 Å². The van der Waals surface area contributed by atoms with E-state index in [1.165, 1.54) is 44.2 Å². The van der Waals surface area contributed by atoms with E-state index in [0.717, 1.165) is 42.2 Å². The molecule has 0 aliphatic heterocycles. The Morgan fingerprint density at radius 3 is 2.44 bits per heavy atom. The molecule has 2 fully saturated rings. The lowest BCUT2D eigenvalue weighted by molar-refractivity contribution is 0.116. The SMILES string of the molecule is CC[C@@H]1CC[C@@H]2CC(c3cc(F)c4c(F)c(F)ccc4c3)CCC2C1. The maximum absolute atomic E-state index is 14.5. The molecule has 134 valence electrons. The molecule has 2 aromatic rings. The lowest BCUT2D eigenvalue weighted by Gasteiger charge is -2.42. The van der Waals surface area contributed by atoms with Crippen molar-refractivity contribution in [2.75, 3.05) is 0 Å². The Balaban J connectivity index is 1.60. The molecule has 2 aliphatic carbocycles. The average molecular weight is 346 g/mol. The Morgan fingerprint density at radius 2 is 1.64 bits per heavy atom. The molecule has 2 saturated carbocycles. The molecule has 2 unspecified atom stereocenters. The molecule has 0 radical (unpaired) electrons. The summed E-state index contributed by atoms with van der Waals surface area (Å²) >= 11 is 0. The molecular formula is C22H25F3. The van der Waals surface area contributed by atoms with Crippen LogP contribution in [0.25, 0.3) is 10.8 Å². The fraction of sp³-hybridized carbons (Fsp3) is 0.545. The number of hydrogen-bond acceptors (Lipinski definition) is 0. The van der Waals surface area contributed by atoms with E-state index in [1.54, 1.807) is 0 Å². The van der Waals surface area contributed by atoms with Crippen molar-refractivity contribution in [2.24, 2.45) is 17.8 Å². The van der Waals surface area contributed by atoms with Crippen molar-refractivity contribution in [3.8, 4) is 0 Å². The minimum Gasteiger partial charge on any atom is -0.206 e. The zero-order chi connectivity index (χ0) is 17.6. The van der Waals surface area contributed by atoms with Crippen LogP contribution >= 0.6 is 0 Å². The van der Waals surface area contributed by atoms with E-state index in [1.807, 2.05) is 6.07 Å². The van der Waals surface area contributed by atoms with Crippen molar-refractivity contribution < 1.29 is 13.2 Å². The van der Waals surface area contributed by atoms with Crippen molar-refractivity contribution in [3.05, 3.63) is 47.3 Å². The van der Waals surface area contributed by atoms with Crippen LogP contribution in [0.15, 0.2) is 24.3 Å². The van der Waals surface area contributed by atoms with Crippen LogP contribution in [-0.2, 0) is 0 Å². The van der Waals surface area contributed by atoms with E-state index in [9.17, 15) is 13.2 Å². The molecule has 0 heterocycles. The summed E-state index contributed by atoms with van der Waals surface area (Å²) in [7, 11) is 0. The highest BCUT2D eigenvalue weighted by Gasteiger charge is 2.35. The third kappa shape index (κ3) is 3.07. The number of hydrogen-bond donors (Lipinski definition) is 0. The molecule has 2 aromatic carbocycles. The predicted octanol–water partition coefficient (Wildman–Crippen LogP) is 6.97. The smallest absolute Gasteiger partial charge is 0.169 e. The molecule has 0 saturated heterocycles. The van der Waals surface area contributed by atoms with E-state index in [2.05, 4.69) is 6.92 Å². The minimum absolute atomic E-state index is 0.221. The average Bonchev–Trinajstić information content (AvgIpc) is 2.63. The third-order valence-electron chi connectivity index (χ3n) is 6.75. The van der Waals surface area contributed by atoms with E-state index >= 15 is 0 Å². The fourth-order valence-corrected chi connectivity index (χ4v) is 5.26. The van der Waals surface area contributed by atoms with Crippen LogP contribution in [-0.4, -0.2) is 0 Å². The molecule has 2 aliphatic rings. The standard InChI is InChI=1S/C22H25F3/c1-2-13-3-4-15-10-16(6-5-14(15)9-13)18-11-17-7-8-19(23)22(25)21(17)20(24)12-18/h7-8,11-16H,2-6,9-10H2,1H3/t13-,14?,15-,16?/m1/s1. The third-order valence-corrected chi connectivity index (χ3v) is 6.75. The lowest BCUT2D eigenvalue weighted by Crippen LogP contribution is -2.30. The van der Waals surface area contributed by atoms with Crippen LogP contribution in [0.1, 0.15) is 63.4 Å². The van der Waals surface area contributed by atoms with Gasteiger partial charge in [0.1, 0.15) is 5.82 Å². The Labute approximate surface area is 147 Å². The summed E-state index contributed by atoms with van der Waals surface area (Å²) in [6.07, 6.45) is 8.64. The summed E-state index contributed by atoms with van der Waals surface area (Å²) in [4.78, 5) is 0. The van der Waals surface area contributed by atoms with Gasteiger partial charge in [0.2, 0.25) is 0 Å². The van der Waals surface area contributed by atoms with Gasteiger partial charge in [0.05, 0.1) is 5.39 Å². The van der Waals surface area contributed by atoms with Crippen molar-refractivity contribution in [2.45, 2.75) is 57.8 Å². The van der Waals surface area contributed by atoms with E-state index in [0.29, 0.717) is 11.3 Å². The van der Waals surface area contributed by atoms with Gasteiger partial charge in [-0.15, -0.1) is 0 Å². The summed E-state index contributed by atoms with van der Waals surface area (Å²) < 4.78 is 41.8. The van der Waals surface area contributed by atoms with Crippen LogP contribution in [0.5, 0.6) is 0 Å². The van der Waals surface area contributed by atoms with Crippen LogP contribution in [0.3, 0.4) is 0 Å². The largest absolute Gasteiger partial charge is 0.206 e. The summed E-state index contributed by atoms with van der Waals surface area (Å²) in [5, 5.41) is 0.242. The van der Waals surface area contributed by atoms with E-state index in [-0.39, 0.29) is 5.39 Å². The monoisotopic (exact) mass is 346 g/mol. The second kappa shape index (κ2) is 6.66. The van der Waals surface area contributed by atoms with Gasteiger partial charge in [0, 0.05) is 0 Å². The summed E-state index contributed by atoms with van der Waals surface area (Å²) in [6.45, 7) is 2.29. The van der Waals surface area contributed by atoms with Crippen molar-refractivity contribution in [1.82, 2.24) is 0 Å². The number of benzene rings is 2. The molecular weight excluding hydrogens is 321 g/mol. The first-order valence-corrected chi connectivity index (χ1v) is 9.64. The molecule has 0 N–H and O–H groups in total. The van der Waals surface area contributed by atoms with Crippen LogP contribution in [0.2, 0.25) is 0 Å². The Bertz CT molecular complexity index is 782. The highest BCUT2D eigenvalue weighted by Crippen LogP contribution is 2.48. The first kappa shape index (κ1) is 16.9. The maximum atomic E-state index is 14.5. The quantitative estimate of drug-likeness (QED) is 0.551. The second-order valence-corrected chi connectivity index (χ2v) is 8.08. The van der Waals surface area contributed by atoms with Crippen molar-refractivity contribution >= 4 is 10.8 Å². The molecule has 25 heavy (non-hydrogen) atoms. The molecule has 4 rings (SSSR count). The van der Waals surface area contributed by atoms with Gasteiger partial charge in [-0.25, -0.2) is 13.2 Å². The van der Waals surface area contributed by atoms with Gasteiger partial charge in [-0.3, -0.25) is 0 Å². The van der Waals surface area contributed by atoms with Crippen molar-refractivity contribution in [3.63, 3.8) is 0 Å². The highest BCUT2D eigenvalue weighted by molar-refractivity contribution is 5.84.